The fraction of sp³-hybridized carbons (Fsp3) is 0.350. The summed E-state index contributed by atoms with van der Waals surface area (Å²) in [7, 11) is 1.92. The van der Waals surface area contributed by atoms with Crippen molar-refractivity contribution in [2.75, 3.05) is 26.7 Å². The smallest absolute Gasteiger partial charge is 0.320 e. The molecule has 0 bridgehead atoms. The van der Waals surface area contributed by atoms with E-state index in [1.807, 2.05) is 67.4 Å². The highest BCUT2D eigenvalue weighted by atomic mass is 16.5. The van der Waals surface area contributed by atoms with Gasteiger partial charge in [-0.2, -0.15) is 0 Å². The van der Waals surface area contributed by atoms with E-state index in [1.165, 1.54) is 0 Å². The molecule has 0 aliphatic heterocycles. The Morgan fingerprint density at radius 3 is 2.29 bits per heavy atom. The van der Waals surface area contributed by atoms with Gasteiger partial charge in [0.05, 0.1) is 13.2 Å². The van der Waals surface area contributed by atoms with Crippen LogP contribution in [0.1, 0.15) is 25.0 Å². The first-order valence-electron chi connectivity index (χ1n) is 8.30. The molecular weight excluding hydrogens is 302 g/mol. The lowest BCUT2D eigenvalue weighted by atomic mass is 10.1. The molecule has 0 radical (unpaired) electrons. The van der Waals surface area contributed by atoms with Crippen molar-refractivity contribution >= 4 is 5.97 Å². The molecule has 0 spiro atoms. The van der Waals surface area contributed by atoms with Gasteiger partial charge in [-0.3, -0.25) is 9.69 Å². The summed E-state index contributed by atoms with van der Waals surface area (Å²) in [6.07, 6.45) is 0.729. The molecule has 1 unspecified atom stereocenters. The highest BCUT2D eigenvalue weighted by Gasteiger charge is 2.15. The average Bonchev–Trinajstić information content (AvgIpc) is 2.60. The molecule has 4 nitrogen and oxygen atoms in total. The summed E-state index contributed by atoms with van der Waals surface area (Å²) in [5, 5.41) is 0. The Hall–Kier alpha value is -2.33. The molecule has 0 aliphatic rings. The van der Waals surface area contributed by atoms with Crippen molar-refractivity contribution in [3.63, 3.8) is 0 Å². The molecular formula is C20H25NO3. The average molecular weight is 327 g/mol. The van der Waals surface area contributed by atoms with E-state index in [4.69, 9.17) is 9.47 Å². The summed E-state index contributed by atoms with van der Waals surface area (Å²) in [5.41, 5.74) is 1.13. The minimum atomic E-state index is -0.194. The standard InChI is InChI=1S/C20H25NO3/c1-3-23-20(22)16-21(2)15-14-19(17-10-6-4-7-11-17)24-18-12-8-5-9-13-18/h4-13,19H,3,14-16H2,1-2H3. The second-order valence-corrected chi connectivity index (χ2v) is 5.66. The van der Waals surface area contributed by atoms with Crippen LogP contribution in [0.25, 0.3) is 0 Å². The van der Waals surface area contributed by atoms with Crippen LogP contribution >= 0.6 is 0 Å². The van der Waals surface area contributed by atoms with Gasteiger partial charge < -0.3 is 9.47 Å². The quantitative estimate of drug-likeness (QED) is 0.659. The number of nitrogens with zero attached hydrogens (tertiary/aromatic N) is 1. The molecule has 1 atom stereocenters. The number of para-hydroxylation sites is 1. The maximum Gasteiger partial charge on any atom is 0.320 e. The van der Waals surface area contributed by atoms with Gasteiger partial charge in [-0.1, -0.05) is 48.5 Å². The number of hydrogen-bond acceptors (Lipinski definition) is 4. The fourth-order valence-electron chi connectivity index (χ4n) is 2.47. The molecule has 2 aromatic carbocycles. The van der Waals surface area contributed by atoms with Gasteiger partial charge in [-0.05, 0) is 31.7 Å². The minimum Gasteiger partial charge on any atom is -0.486 e. The third-order valence-electron chi connectivity index (χ3n) is 3.67. The number of esters is 1. The lowest BCUT2D eigenvalue weighted by molar-refractivity contribution is -0.144. The lowest BCUT2D eigenvalue weighted by Gasteiger charge is -2.23. The van der Waals surface area contributed by atoms with Crippen molar-refractivity contribution in [1.29, 1.82) is 0 Å². The summed E-state index contributed by atoms with van der Waals surface area (Å²) in [5.74, 6) is 0.652. The van der Waals surface area contributed by atoms with Crippen molar-refractivity contribution in [2.24, 2.45) is 0 Å². The summed E-state index contributed by atoms with van der Waals surface area (Å²) < 4.78 is 11.1. The van der Waals surface area contributed by atoms with Crippen molar-refractivity contribution < 1.29 is 14.3 Å². The Kier molecular flexibility index (Phi) is 7.30. The van der Waals surface area contributed by atoms with E-state index < -0.39 is 0 Å². The normalized spacial score (nSPS) is 12.0. The molecule has 0 saturated carbocycles. The van der Waals surface area contributed by atoms with Gasteiger partial charge in [-0.15, -0.1) is 0 Å². The van der Waals surface area contributed by atoms with E-state index in [2.05, 4.69) is 12.1 Å². The Morgan fingerprint density at radius 2 is 1.67 bits per heavy atom. The molecule has 0 heterocycles. The van der Waals surface area contributed by atoms with Gasteiger partial charge in [0.1, 0.15) is 11.9 Å². The van der Waals surface area contributed by atoms with Gasteiger partial charge in [-0.25, -0.2) is 0 Å². The highest BCUT2D eigenvalue weighted by molar-refractivity contribution is 5.71. The van der Waals surface area contributed by atoms with Gasteiger partial charge >= 0.3 is 5.97 Å². The van der Waals surface area contributed by atoms with Gasteiger partial charge in [0.25, 0.3) is 0 Å². The predicted octanol–water partition coefficient (Wildman–Crippen LogP) is 3.69. The lowest BCUT2D eigenvalue weighted by Crippen LogP contribution is -2.29. The zero-order valence-electron chi connectivity index (χ0n) is 14.4. The van der Waals surface area contributed by atoms with Crippen LogP contribution in [-0.4, -0.2) is 37.6 Å². The van der Waals surface area contributed by atoms with Crippen molar-refractivity contribution in [2.45, 2.75) is 19.4 Å². The van der Waals surface area contributed by atoms with E-state index in [0.29, 0.717) is 13.2 Å². The molecule has 0 amide bonds. The van der Waals surface area contributed by atoms with Crippen LogP contribution in [0.5, 0.6) is 5.75 Å². The number of likely N-dealkylation sites (N-methyl/N-ethyl adjacent to an activating group) is 1. The van der Waals surface area contributed by atoms with Crippen LogP contribution in [0, 0.1) is 0 Å². The number of carbonyl (C=O) groups is 1. The molecule has 0 aromatic heterocycles. The van der Waals surface area contributed by atoms with Crippen molar-refractivity contribution in [3.8, 4) is 5.75 Å². The Morgan fingerprint density at radius 1 is 1.04 bits per heavy atom. The van der Waals surface area contributed by atoms with Crippen LogP contribution in [0.15, 0.2) is 60.7 Å². The number of benzene rings is 2. The maximum absolute atomic E-state index is 11.6. The highest BCUT2D eigenvalue weighted by Crippen LogP contribution is 2.24. The number of hydrogen-bond donors (Lipinski definition) is 0. The maximum atomic E-state index is 11.6. The topological polar surface area (TPSA) is 38.8 Å². The summed E-state index contributed by atoms with van der Waals surface area (Å²) >= 11 is 0. The second kappa shape index (κ2) is 9.73. The third kappa shape index (κ3) is 6.05. The van der Waals surface area contributed by atoms with Gasteiger partial charge in [0.15, 0.2) is 0 Å². The molecule has 0 fully saturated rings. The molecule has 0 aliphatic carbocycles. The van der Waals surface area contributed by atoms with Crippen molar-refractivity contribution in [3.05, 3.63) is 66.2 Å². The Bertz CT molecular complexity index is 601. The van der Waals surface area contributed by atoms with E-state index >= 15 is 0 Å². The molecule has 24 heavy (non-hydrogen) atoms. The van der Waals surface area contributed by atoms with Crippen LogP contribution < -0.4 is 4.74 Å². The van der Waals surface area contributed by atoms with Gasteiger partial charge in [0.2, 0.25) is 0 Å². The summed E-state index contributed by atoms with van der Waals surface area (Å²) in [6, 6.07) is 20.0. The molecule has 0 N–H and O–H groups in total. The van der Waals surface area contributed by atoms with E-state index in [1.54, 1.807) is 0 Å². The molecule has 0 saturated heterocycles. The van der Waals surface area contributed by atoms with Crippen molar-refractivity contribution in [1.82, 2.24) is 4.90 Å². The van der Waals surface area contributed by atoms with E-state index in [9.17, 15) is 4.79 Å². The van der Waals surface area contributed by atoms with E-state index in [0.717, 1.165) is 24.3 Å². The molecule has 4 heteroatoms. The number of ether oxygens (including phenoxy) is 2. The van der Waals surface area contributed by atoms with Crippen LogP contribution in [0.4, 0.5) is 0 Å². The first kappa shape index (κ1) is 18.0. The number of rotatable bonds is 9. The zero-order valence-corrected chi connectivity index (χ0v) is 14.4. The summed E-state index contributed by atoms with van der Waals surface area (Å²) in [6.45, 7) is 3.26. The van der Waals surface area contributed by atoms with Gasteiger partial charge in [0, 0.05) is 13.0 Å². The largest absolute Gasteiger partial charge is 0.486 e. The predicted molar refractivity (Wildman–Crippen MR) is 95.0 cm³/mol. The number of carbonyl (C=O) groups excluding carboxylic acids is 1. The third-order valence-corrected chi connectivity index (χ3v) is 3.67. The van der Waals surface area contributed by atoms with Crippen LogP contribution in [0.2, 0.25) is 0 Å². The second-order valence-electron chi connectivity index (χ2n) is 5.66. The Balaban J connectivity index is 1.97. The van der Waals surface area contributed by atoms with Crippen LogP contribution in [-0.2, 0) is 9.53 Å². The Labute approximate surface area is 144 Å². The first-order chi connectivity index (χ1) is 11.7. The van der Waals surface area contributed by atoms with Crippen LogP contribution in [0.3, 0.4) is 0 Å². The summed E-state index contributed by atoms with van der Waals surface area (Å²) in [4.78, 5) is 13.5. The zero-order chi connectivity index (χ0) is 17.2. The minimum absolute atomic E-state index is 0.0572. The monoisotopic (exact) mass is 327 g/mol. The molecule has 128 valence electrons. The first-order valence-corrected chi connectivity index (χ1v) is 8.30. The van der Waals surface area contributed by atoms with E-state index in [-0.39, 0.29) is 12.1 Å². The molecule has 2 aromatic rings. The molecule has 2 rings (SSSR count). The SMILES string of the molecule is CCOC(=O)CN(C)CCC(Oc1ccccc1)c1ccccc1. The fourth-order valence-corrected chi connectivity index (χ4v) is 2.47.